The first-order valence-corrected chi connectivity index (χ1v) is 6.37. The fourth-order valence-electron chi connectivity index (χ4n) is 1.53. The fourth-order valence-corrected chi connectivity index (χ4v) is 1.53. The van der Waals surface area contributed by atoms with Gasteiger partial charge in [-0.1, -0.05) is 40.5 Å². The van der Waals surface area contributed by atoms with Crippen LogP contribution in [0.5, 0.6) is 0 Å². The summed E-state index contributed by atoms with van der Waals surface area (Å²) in [5.74, 6) is 0.993. The van der Waals surface area contributed by atoms with E-state index in [0.717, 1.165) is 18.8 Å². The molecule has 0 aromatic carbocycles. The molecule has 0 saturated carbocycles. The molecule has 15 heavy (non-hydrogen) atoms. The van der Waals surface area contributed by atoms with Crippen molar-refractivity contribution in [2.24, 2.45) is 11.8 Å². The number of hydrogen-bond acceptors (Lipinski definition) is 2. The average Bonchev–Trinajstić information content (AvgIpc) is 2.20. The predicted molar refractivity (Wildman–Crippen MR) is 64.7 cm³/mol. The molecule has 0 rings (SSSR count). The van der Waals surface area contributed by atoms with E-state index >= 15 is 0 Å². The maximum Gasteiger partial charge on any atom is 0.157 e. The first kappa shape index (κ1) is 14.9. The Labute approximate surface area is 95.0 Å². The predicted octanol–water partition coefficient (Wildman–Crippen LogP) is 3.58. The number of hydrogen-bond donors (Lipinski definition) is 1. The van der Waals surface area contributed by atoms with E-state index in [-0.39, 0.29) is 5.92 Å². The third kappa shape index (κ3) is 8.88. The molecule has 0 heterocycles. The monoisotopic (exact) mass is 216 g/mol. The van der Waals surface area contributed by atoms with Crippen LogP contribution in [0.4, 0.5) is 0 Å². The van der Waals surface area contributed by atoms with Crippen LogP contribution in [0.3, 0.4) is 0 Å². The summed E-state index contributed by atoms with van der Waals surface area (Å²) in [5.41, 5.74) is 0. The third-order valence-corrected chi connectivity index (χ3v) is 2.71. The summed E-state index contributed by atoms with van der Waals surface area (Å²) in [6.45, 7) is 9.34. The van der Waals surface area contributed by atoms with Crippen molar-refractivity contribution in [3.63, 3.8) is 0 Å². The maximum absolute atomic E-state index is 9.69. The van der Waals surface area contributed by atoms with E-state index in [0.29, 0.717) is 6.61 Å². The van der Waals surface area contributed by atoms with Crippen molar-refractivity contribution in [1.29, 1.82) is 0 Å². The van der Waals surface area contributed by atoms with Crippen molar-refractivity contribution in [1.82, 2.24) is 0 Å². The summed E-state index contributed by atoms with van der Waals surface area (Å²) >= 11 is 0. The zero-order valence-electron chi connectivity index (χ0n) is 10.8. The second-order valence-corrected chi connectivity index (χ2v) is 4.92. The topological polar surface area (TPSA) is 29.5 Å². The van der Waals surface area contributed by atoms with Gasteiger partial charge in [0, 0.05) is 12.5 Å². The zero-order chi connectivity index (χ0) is 11.7. The Morgan fingerprint density at radius 2 is 1.73 bits per heavy atom. The molecule has 0 aliphatic carbocycles. The molecule has 2 atom stereocenters. The third-order valence-electron chi connectivity index (χ3n) is 2.71. The van der Waals surface area contributed by atoms with Gasteiger partial charge in [-0.25, -0.2) is 0 Å². The van der Waals surface area contributed by atoms with Crippen LogP contribution in [-0.2, 0) is 4.74 Å². The average molecular weight is 216 g/mol. The van der Waals surface area contributed by atoms with Gasteiger partial charge in [-0.3, -0.25) is 0 Å². The van der Waals surface area contributed by atoms with Crippen LogP contribution in [0.1, 0.15) is 59.8 Å². The molecule has 0 spiro atoms. The lowest BCUT2D eigenvalue weighted by Crippen LogP contribution is -2.22. The van der Waals surface area contributed by atoms with Crippen molar-refractivity contribution in [3.8, 4) is 0 Å². The molecular weight excluding hydrogens is 188 g/mol. The van der Waals surface area contributed by atoms with Crippen molar-refractivity contribution >= 4 is 0 Å². The van der Waals surface area contributed by atoms with Gasteiger partial charge >= 0.3 is 0 Å². The van der Waals surface area contributed by atoms with Gasteiger partial charge in [0.15, 0.2) is 6.29 Å². The highest BCUT2D eigenvalue weighted by atomic mass is 16.6. The van der Waals surface area contributed by atoms with Crippen LogP contribution in [0.25, 0.3) is 0 Å². The summed E-state index contributed by atoms with van der Waals surface area (Å²) < 4.78 is 5.41. The van der Waals surface area contributed by atoms with Crippen molar-refractivity contribution in [2.75, 3.05) is 6.61 Å². The van der Waals surface area contributed by atoms with E-state index in [9.17, 15) is 5.11 Å². The smallest absolute Gasteiger partial charge is 0.157 e. The molecule has 0 radical (unpaired) electrons. The van der Waals surface area contributed by atoms with Crippen molar-refractivity contribution < 1.29 is 9.84 Å². The zero-order valence-corrected chi connectivity index (χ0v) is 10.8. The quantitative estimate of drug-likeness (QED) is 0.471. The second kappa shape index (κ2) is 9.17. The van der Waals surface area contributed by atoms with Gasteiger partial charge in [-0.05, 0) is 25.2 Å². The van der Waals surface area contributed by atoms with Crippen LogP contribution in [0.15, 0.2) is 0 Å². The first-order valence-electron chi connectivity index (χ1n) is 6.37. The van der Waals surface area contributed by atoms with Crippen LogP contribution < -0.4 is 0 Å². The Hall–Kier alpha value is -0.0800. The lowest BCUT2D eigenvalue weighted by Gasteiger charge is -2.19. The summed E-state index contributed by atoms with van der Waals surface area (Å²) in [7, 11) is 0. The summed E-state index contributed by atoms with van der Waals surface area (Å²) in [6.07, 6.45) is 5.08. The molecule has 0 amide bonds. The molecule has 0 aliphatic heterocycles. The Balaban J connectivity index is 3.42. The lowest BCUT2D eigenvalue weighted by molar-refractivity contribution is -0.132. The molecule has 0 bridgehead atoms. The molecule has 0 aliphatic rings. The lowest BCUT2D eigenvalue weighted by atomic mass is 10.0. The van der Waals surface area contributed by atoms with E-state index in [4.69, 9.17) is 4.74 Å². The van der Waals surface area contributed by atoms with Crippen LogP contribution in [0, 0.1) is 11.8 Å². The molecule has 0 aromatic rings. The standard InChI is InChI=1S/C13H28O2/c1-5-6-9-12(4)13(14)15-10-7-8-11(2)3/h11-14H,5-10H2,1-4H3. The Kier molecular flexibility index (Phi) is 9.12. The van der Waals surface area contributed by atoms with Crippen molar-refractivity contribution in [3.05, 3.63) is 0 Å². The van der Waals surface area contributed by atoms with Crippen molar-refractivity contribution in [2.45, 2.75) is 66.1 Å². The molecule has 0 aromatic heterocycles. The van der Waals surface area contributed by atoms with E-state index in [2.05, 4.69) is 27.7 Å². The van der Waals surface area contributed by atoms with Crippen LogP contribution in [-0.4, -0.2) is 18.0 Å². The number of ether oxygens (including phenoxy) is 1. The largest absolute Gasteiger partial charge is 0.368 e. The summed E-state index contributed by atoms with van der Waals surface area (Å²) in [6, 6.07) is 0. The molecule has 0 saturated heterocycles. The van der Waals surface area contributed by atoms with E-state index < -0.39 is 6.29 Å². The fraction of sp³-hybridized carbons (Fsp3) is 1.00. The molecule has 2 unspecified atom stereocenters. The molecular formula is C13H28O2. The Bertz CT molecular complexity index is 134. The molecule has 1 N–H and O–H groups in total. The highest BCUT2D eigenvalue weighted by Gasteiger charge is 2.13. The minimum Gasteiger partial charge on any atom is -0.368 e. The minimum atomic E-state index is -0.566. The number of aliphatic hydroxyl groups is 1. The normalized spacial score (nSPS) is 15.6. The molecule has 2 heteroatoms. The van der Waals surface area contributed by atoms with Gasteiger partial charge in [-0.2, -0.15) is 0 Å². The molecule has 92 valence electrons. The Morgan fingerprint density at radius 3 is 2.27 bits per heavy atom. The minimum absolute atomic E-state index is 0.268. The van der Waals surface area contributed by atoms with Gasteiger partial charge < -0.3 is 9.84 Å². The van der Waals surface area contributed by atoms with Gasteiger partial charge in [0.25, 0.3) is 0 Å². The van der Waals surface area contributed by atoms with Gasteiger partial charge in [0.2, 0.25) is 0 Å². The SMILES string of the molecule is CCCCC(C)C(O)OCCCC(C)C. The van der Waals surface area contributed by atoms with E-state index in [1.165, 1.54) is 19.3 Å². The molecule has 2 nitrogen and oxygen atoms in total. The number of rotatable bonds is 9. The number of aliphatic hydroxyl groups excluding tert-OH is 1. The highest BCUT2D eigenvalue weighted by molar-refractivity contribution is 4.56. The maximum atomic E-state index is 9.69. The second-order valence-electron chi connectivity index (χ2n) is 4.92. The summed E-state index contributed by atoms with van der Waals surface area (Å²) in [4.78, 5) is 0. The van der Waals surface area contributed by atoms with Crippen LogP contribution >= 0.6 is 0 Å². The summed E-state index contributed by atoms with van der Waals surface area (Å²) in [5, 5.41) is 9.69. The highest BCUT2D eigenvalue weighted by Crippen LogP contribution is 2.14. The van der Waals surface area contributed by atoms with E-state index in [1.54, 1.807) is 0 Å². The van der Waals surface area contributed by atoms with Crippen LogP contribution in [0.2, 0.25) is 0 Å². The van der Waals surface area contributed by atoms with Gasteiger partial charge in [-0.15, -0.1) is 0 Å². The molecule has 0 fully saturated rings. The Morgan fingerprint density at radius 1 is 1.07 bits per heavy atom. The van der Waals surface area contributed by atoms with Gasteiger partial charge in [0.1, 0.15) is 0 Å². The van der Waals surface area contributed by atoms with E-state index in [1.807, 2.05) is 0 Å². The first-order chi connectivity index (χ1) is 7.07. The van der Waals surface area contributed by atoms with Gasteiger partial charge in [0.05, 0.1) is 0 Å². The number of unbranched alkanes of at least 4 members (excludes halogenated alkanes) is 1.